The molecule has 1 atom stereocenters. The molecular formula is C18H26N2O4. The van der Waals surface area contributed by atoms with Gasteiger partial charge in [-0.15, -0.1) is 0 Å². The first-order valence-electron chi connectivity index (χ1n) is 9.06. The molecule has 3 fully saturated rings. The van der Waals surface area contributed by atoms with Crippen LogP contribution in [0.5, 0.6) is 0 Å². The van der Waals surface area contributed by atoms with Gasteiger partial charge in [-0.25, -0.2) is 0 Å². The standard InChI is InChI=1S/C18H26N2O4/c21-17-12-23-18(13-19-17)6-8-20(9-7-18)11-14-4-5-16(24-14)15-3-1-2-10-22-15/h4-5,15H,1-3,6-13H2,(H,19,21). The SMILES string of the molecule is O=C1COC2(CCN(Cc3ccc(C4CCCCO4)o3)CC2)CN1. The molecule has 4 heterocycles. The summed E-state index contributed by atoms with van der Waals surface area (Å²) in [6.45, 7) is 4.44. The first-order valence-corrected chi connectivity index (χ1v) is 9.06. The van der Waals surface area contributed by atoms with Gasteiger partial charge in [0.1, 0.15) is 24.2 Å². The Morgan fingerprint density at radius 2 is 2.12 bits per heavy atom. The van der Waals surface area contributed by atoms with E-state index in [4.69, 9.17) is 13.9 Å². The second-order valence-electron chi connectivity index (χ2n) is 7.18. The van der Waals surface area contributed by atoms with Crippen LogP contribution in [0.15, 0.2) is 16.5 Å². The van der Waals surface area contributed by atoms with Crippen LogP contribution in [-0.2, 0) is 20.8 Å². The van der Waals surface area contributed by atoms with E-state index < -0.39 is 0 Å². The van der Waals surface area contributed by atoms with Crippen LogP contribution in [0.25, 0.3) is 0 Å². The van der Waals surface area contributed by atoms with Crippen molar-refractivity contribution in [1.29, 1.82) is 0 Å². The molecular weight excluding hydrogens is 308 g/mol. The van der Waals surface area contributed by atoms with Gasteiger partial charge in [-0.2, -0.15) is 0 Å². The lowest BCUT2D eigenvalue weighted by Gasteiger charge is -2.43. The van der Waals surface area contributed by atoms with Crippen molar-refractivity contribution in [1.82, 2.24) is 10.2 Å². The third-order valence-electron chi connectivity index (χ3n) is 5.44. The summed E-state index contributed by atoms with van der Waals surface area (Å²) in [7, 11) is 0. The van der Waals surface area contributed by atoms with Crippen LogP contribution < -0.4 is 5.32 Å². The summed E-state index contributed by atoms with van der Waals surface area (Å²) in [6.07, 6.45) is 5.46. The minimum atomic E-state index is -0.158. The van der Waals surface area contributed by atoms with Crippen molar-refractivity contribution in [3.05, 3.63) is 23.7 Å². The quantitative estimate of drug-likeness (QED) is 0.916. The first-order chi connectivity index (χ1) is 11.7. The van der Waals surface area contributed by atoms with Crippen molar-refractivity contribution < 1.29 is 18.7 Å². The summed E-state index contributed by atoms with van der Waals surface area (Å²) in [4.78, 5) is 13.7. The maximum Gasteiger partial charge on any atom is 0.246 e. The highest BCUT2D eigenvalue weighted by molar-refractivity contribution is 5.78. The zero-order chi connectivity index (χ0) is 16.4. The lowest BCUT2D eigenvalue weighted by molar-refractivity contribution is -0.150. The molecule has 1 N–H and O–H groups in total. The number of rotatable bonds is 3. The number of morpholine rings is 1. The summed E-state index contributed by atoms with van der Waals surface area (Å²) in [5, 5.41) is 2.93. The number of amides is 1. The fraction of sp³-hybridized carbons (Fsp3) is 0.722. The summed E-state index contributed by atoms with van der Waals surface area (Å²) in [5.74, 6) is 1.97. The molecule has 3 aliphatic rings. The second-order valence-corrected chi connectivity index (χ2v) is 7.18. The number of hydrogen-bond donors (Lipinski definition) is 1. The topological polar surface area (TPSA) is 63.9 Å². The zero-order valence-corrected chi connectivity index (χ0v) is 14.1. The largest absolute Gasteiger partial charge is 0.462 e. The van der Waals surface area contributed by atoms with Gasteiger partial charge in [-0.05, 0) is 44.2 Å². The molecule has 6 nitrogen and oxygen atoms in total. The van der Waals surface area contributed by atoms with Gasteiger partial charge in [0.25, 0.3) is 0 Å². The molecule has 3 aliphatic heterocycles. The summed E-state index contributed by atoms with van der Waals surface area (Å²) < 4.78 is 17.6. The lowest BCUT2D eigenvalue weighted by Crippen LogP contribution is -2.57. The van der Waals surface area contributed by atoms with E-state index in [2.05, 4.69) is 22.3 Å². The second kappa shape index (κ2) is 6.86. The molecule has 24 heavy (non-hydrogen) atoms. The van der Waals surface area contributed by atoms with Crippen LogP contribution in [0.1, 0.15) is 49.7 Å². The van der Waals surface area contributed by atoms with Crippen LogP contribution in [0.2, 0.25) is 0 Å². The molecule has 0 aliphatic carbocycles. The van der Waals surface area contributed by atoms with Crippen molar-refractivity contribution in [2.75, 3.05) is 32.8 Å². The third-order valence-corrected chi connectivity index (χ3v) is 5.44. The molecule has 1 spiro atoms. The Hall–Kier alpha value is -1.37. The van der Waals surface area contributed by atoms with E-state index in [0.717, 1.165) is 63.4 Å². The Morgan fingerprint density at radius 3 is 2.83 bits per heavy atom. The van der Waals surface area contributed by atoms with Crippen LogP contribution in [0.3, 0.4) is 0 Å². The number of likely N-dealkylation sites (tertiary alicyclic amines) is 1. The number of piperidine rings is 1. The molecule has 6 heteroatoms. The number of carbonyl (C=O) groups is 1. The smallest absolute Gasteiger partial charge is 0.246 e. The minimum absolute atomic E-state index is 0.00361. The molecule has 1 aromatic heterocycles. The lowest BCUT2D eigenvalue weighted by atomic mass is 9.90. The van der Waals surface area contributed by atoms with Gasteiger partial charge >= 0.3 is 0 Å². The Labute approximate surface area is 142 Å². The Balaban J connectivity index is 1.29. The highest BCUT2D eigenvalue weighted by atomic mass is 16.5. The number of nitrogens with zero attached hydrogens (tertiary/aromatic N) is 1. The normalized spacial score (nSPS) is 28.0. The molecule has 0 saturated carbocycles. The molecule has 1 unspecified atom stereocenters. The summed E-state index contributed by atoms with van der Waals surface area (Å²) in [5.41, 5.74) is -0.158. The van der Waals surface area contributed by atoms with E-state index in [9.17, 15) is 4.79 Å². The van der Waals surface area contributed by atoms with Crippen LogP contribution in [0.4, 0.5) is 0 Å². The molecule has 1 amide bonds. The Morgan fingerprint density at radius 1 is 1.25 bits per heavy atom. The number of carbonyl (C=O) groups excluding carboxylic acids is 1. The average Bonchev–Trinajstić information content (AvgIpc) is 3.09. The Bertz CT molecular complexity index is 559. The maximum absolute atomic E-state index is 11.3. The van der Waals surface area contributed by atoms with Gasteiger partial charge in [0.05, 0.1) is 12.1 Å². The minimum Gasteiger partial charge on any atom is -0.462 e. The zero-order valence-electron chi connectivity index (χ0n) is 14.1. The first kappa shape index (κ1) is 16.1. The molecule has 0 radical (unpaired) electrons. The highest BCUT2D eigenvalue weighted by Gasteiger charge is 2.39. The molecule has 0 aromatic carbocycles. The predicted octanol–water partition coefficient (Wildman–Crippen LogP) is 2.00. The van der Waals surface area contributed by atoms with Gasteiger partial charge in [0.15, 0.2) is 0 Å². The van der Waals surface area contributed by atoms with E-state index in [1.54, 1.807) is 0 Å². The highest BCUT2D eigenvalue weighted by Crippen LogP contribution is 2.31. The van der Waals surface area contributed by atoms with E-state index in [1.165, 1.54) is 6.42 Å². The fourth-order valence-corrected chi connectivity index (χ4v) is 3.86. The van der Waals surface area contributed by atoms with Crippen molar-refractivity contribution in [2.24, 2.45) is 0 Å². The van der Waals surface area contributed by atoms with Crippen molar-refractivity contribution in [3.63, 3.8) is 0 Å². The number of hydrogen-bond acceptors (Lipinski definition) is 5. The van der Waals surface area contributed by atoms with Gasteiger partial charge in [-0.3, -0.25) is 9.69 Å². The summed E-state index contributed by atoms with van der Waals surface area (Å²) in [6, 6.07) is 4.14. The van der Waals surface area contributed by atoms with Crippen LogP contribution in [-0.4, -0.2) is 49.3 Å². The monoisotopic (exact) mass is 334 g/mol. The maximum atomic E-state index is 11.3. The van der Waals surface area contributed by atoms with E-state index >= 15 is 0 Å². The van der Waals surface area contributed by atoms with Crippen molar-refractivity contribution >= 4 is 5.91 Å². The summed E-state index contributed by atoms with van der Waals surface area (Å²) >= 11 is 0. The molecule has 3 saturated heterocycles. The van der Waals surface area contributed by atoms with Gasteiger partial charge in [0.2, 0.25) is 5.91 Å². The van der Waals surface area contributed by atoms with Crippen molar-refractivity contribution in [3.8, 4) is 0 Å². The average molecular weight is 334 g/mol. The van der Waals surface area contributed by atoms with Crippen LogP contribution in [0, 0.1) is 0 Å². The Kier molecular flexibility index (Phi) is 4.61. The van der Waals surface area contributed by atoms with E-state index in [1.807, 2.05) is 0 Å². The van der Waals surface area contributed by atoms with E-state index in [0.29, 0.717) is 6.54 Å². The molecule has 1 aromatic rings. The molecule has 0 bridgehead atoms. The predicted molar refractivity (Wildman–Crippen MR) is 87.5 cm³/mol. The number of nitrogens with one attached hydrogen (secondary N) is 1. The van der Waals surface area contributed by atoms with Gasteiger partial charge in [0, 0.05) is 26.2 Å². The fourth-order valence-electron chi connectivity index (χ4n) is 3.86. The van der Waals surface area contributed by atoms with Crippen molar-refractivity contribution in [2.45, 2.75) is 50.4 Å². The van der Waals surface area contributed by atoms with Crippen LogP contribution >= 0.6 is 0 Å². The van der Waals surface area contributed by atoms with E-state index in [-0.39, 0.29) is 24.2 Å². The molecule has 132 valence electrons. The van der Waals surface area contributed by atoms with Gasteiger partial charge < -0.3 is 19.2 Å². The van der Waals surface area contributed by atoms with Gasteiger partial charge in [-0.1, -0.05) is 0 Å². The molecule has 4 rings (SSSR count). The number of furan rings is 1. The third kappa shape index (κ3) is 3.50. The number of ether oxygens (including phenoxy) is 2.